The van der Waals surface area contributed by atoms with Crippen LogP contribution in [0.1, 0.15) is 17.4 Å². The second-order valence-corrected chi connectivity index (χ2v) is 5.02. The summed E-state index contributed by atoms with van der Waals surface area (Å²) in [6.45, 7) is 1.96. The fourth-order valence-electron chi connectivity index (χ4n) is 2.16. The van der Waals surface area contributed by atoms with Gasteiger partial charge in [0.2, 0.25) is 0 Å². The van der Waals surface area contributed by atoms with Crippen molar-refractivity contribution in [3.8, 4) is 5.75 Å². The molecule has 0 saturated heterocycles. The first-order valence-electron chi connectivity index (χ1n) is 6.76. The Morgan fingerprint density at radius 1 is 1.19 bits per heavy atom. The topological polar surface area (TPSA) is 48.4 Å². The van der Waals surface area contributed by atoms with E-state index in [1.807, 2.05) is 30.3 Å². The number of halogens is 1. The van der Waals surface area contributed by atoms with Gasteiger partial charge in [-0.15, -0.1) is 0 Å². The van der Waals surface area contributed by atoms with Gasteiger partial charge >= 0.3 is 0 Å². The smallest absolute Gasteiger partial charge is 0.134 e. The zero-order chi connectivity index (χ0) is 14.8. The largest absolute Gasteiger partial charge is 0.491 e. The number of fused-ring (bicyclic) bond motifs is 1. The van der Waals surface area contributed by atoms with E-state index in [2.05, 4.69) is 0 Å². The van der Waals surface area contributed by atoms with Gasteiger partial charge < -0.3 is 14.9 Å². The number of hydrogen-bond acceptors (Lipinski definition) is 3. The molecule has 0 aliphatic heterocycles. The average Bonchev–Trinajstić information content (AvgIpc) is 2.92. The van der Waals surface area contributed by atoms with Crippen LogP contribution in [0.15, 0.2) is 52.9 Å². The predicted octanol–water partition coefficient (Wildman–Crippen LogP) is 3.96. The summed E-state index contributed by atoms with van der Waals surface area (Å²) >= 11 is 0. The summed E-state index contributed by atoms with van der Waals surface area (Å²) in [6, 6.07) is 13.9. The summed E-state index contributed by atoms with van der Waals surface area (Å²) < 4.78 is 24.5. The highest BCUT2D eigenvalue weighted by Gasteiger charge is 2.13. The van der Waals surface area contributed by atoms with Crippen LogP contribution >= 0.6 is 0 Å². The van der Waals surface area contributed by atoms with E-state index in [1.54, 1.807) is 19.1 Å². The molecule has 3 rings (SSSR count). The summed E-state index contributed by atoms with van der Waals surface area (Å²) in [5.41, 5.74) is 7.43. The maximum absolute atomic E-state index is 13.2. The summed E-state index contributed by atoms with van der Waals surface area (Å²) in [5.74, 6) is 1.03. The standard InChI is InChI=1S/C17H16FNO2/c1-11-8-13(6-7-14(11)18)20-10-15(19)17-9-12-4-2-3-5-16(12)21-17/h2-9,15H,10,19H2,1H3. The highest BCUT2D eigenvalue weighted by Crippen LogP contribution is 2.23. The average molecular weight is 285 g/mol. The monoisotopic (exact) mass is 285 g/mol. The molecule has 108 valence electrons. The lowest BCUT2D eigenvalue weighted by Crippen LogP contribution is -2.18. The fraction of sp³-hybridized carbons (Fsp3) is 0.176. The fourth-order valence-corrected chi connectivity index (χ4v) is 2.16. The molecule has 3 aromatic rings. The number of nitrogens with two attached hydrogens (primary N) is 1. The Hall–Kier alpha value is -2.33. The van der Waals surface area contributed by atoms with Crippen molar-refractivity contribution in [1.82, 2.24) is 0 Å². The van der Waals surface area contributed by atoms with E-state index >= 15 is 0 Å². The Morgan fingerprint density at radius 3 is 2.76 bits per heavy atom. The van der Waals surface area contributed by atoms with Crippen molar-refractivity contribution in [2.24, 2.45) is 5.73 Å². The quantitative estimate of drug-likeness (QED) is 0.789. The van der Waals surface area contributed by atoms with Gasteiger partial charge in [-0.3, -0.25) is 0 Å². The van der Waals surface area contributed by atoms with E-state index in [0.717, 1.165) is 11.0 Å². The first-order valence-corrected chi connectivity index (χ1v) is 6.76. The summed E-state index contributed by atoms with van der Waals surface area (Å²) in [5, 5.41) is 1.01. The Morgan fingerprint density at radius 2 is 2.00 bits per heavy atom. The molecule has 0 aliphatic rings. The van der Waals surface area contributed by atoms with Crippen LogP contribution in [-0.2, 0) is 0 Å². The number of para-hydroxylation sites is 1. The molecule has 4 heteroatoms. The highest BCUT2D eigenvalue weighted by molar-refractivity contribution is 5.77. The number of furan rings is 1. The van der Waals surface area contributed by atoms with Gasteiger partial charge in [-0.05, 0) is 42.8 Å². The van der Waals surface area contributed by atoms with Gasteiger partial charge in [0.1, 0.15) is 29.5 Å². The summed E-state index contributed by atoms with van der Waals surface area (Å²) in [4.78, 5) is 0. The van der Waals surface area contributed by atoms with Crippen molar-refractivity contribution in [1.29, 1.82) is 0 Å². The van der Waals surface area contributed by atoms with E-state index in [-0.39, 0.29) is 18.5 Å². The van der Waals surface area contributed by atoms with Crippen molar-refractivity contribution in [2.45, 2.75) is 13.0 Å². The Bertz CT molecular complexity index is 733. The molecule has 1 aromatic heterocycles. The summed E-state index contributed by atoms with van der Waals surface area (Å²) in [6.07, 6.45) is 0. The first-order chi connectivity index (χ1) is 10.1. The molecule has 0 bridgehead atoms. The zero-order valence-electron chi connectivity index (χ0n) is 11.7. The van der Waals surface area contributed by atoms with Crippen LogP contribution in [0.3, 0.4) is 0 Å². The number of hydrogen-bond donors (Lipinski definition) is 1. The number of ether oxygens (including phenoxy) is 1. The third kappa shape index (κ3) is 2.90. The maximum atomic E-state index is 13.2. The van der Waals surface area contributed by atoms with Gasteiger partial charge in [-0.25, -0.2) is 4.39 Å². The van der Waals surface area contributed by atoms with Gasteiger partial charge in [0, 0.05) is 5.39 Å². The number of aryl methyl sites for hydroxylation is 1. The van der Waals surface area contributed by atoms with Crippen LogP contribution < -0.4 is 10.5 Å². The molecule has 2 N–H and O–H groups in total. The van der Waals surface area contributed by atoms with Crippen molar-refractivity contribution in [3.63, 3.8) is 0 Å². The van der Waals surface area contributed by atoms with Gasteiger partial charge in [-0.1, -0.05) is 18.2 Å². The molecule has 21 heavy (non-hydrogen) atoms. The molecule has 0 radical (unpaired) electrons. The van der Waals surface area contributed by atoms with E-state index in [0.29, 0.717) is 17.1 Å². The predicted molar refractivity (Wildman–Crippen MR) is 79.8 cm³/mol. The van der Waals surface area contributed by atoms with E-state index < -0.39 is 0 Å². The van der Waals surface area contributed by atoms with Gasteiger partial charge in [0.25, 0.3) is 0 Å². The molecular formula is C17H16FNO2. The van der Waals surface area contributed by atoms with Crippen LogP contribution in [0.25, 0.3) is 11.0 Å². The van der Waals surface area contributed by atoms with Crippen molar-refractivity contribution in [3.05, 3.63) is 65.7 Å². The zero-order valence-corrected chi connectivity index (χ0v) is 11.7. The van der Waals surface area contributed by atoms with E-state index in [4.69, 9.17) is 14.9 Å². The highest BCUT2D eigenvalue weighted by atomic mass is 19.1. The lowest BCUT2D eigenvalue weighted by molar-refractivity contribution is 0.274. The molecule has 2 aromatic carbocycles. The number of benzene rings is 2. The van der Waals surface area contributed by atoms with Crippen molar-refractivity contribution >= 4 is 11.0 Å². The first kappa shape index (κ1) is 13.6. The minimum atomic E-state index is -0.372. The number of rotatable bonds is 4. The molecule has 1 atom stereocenters. The van der Waals surface area contributed by atoms with E-state index in [1.165, 1.54) is 6.07 Å². The van der Waals surface area contributed by atoms with Crippen LogP contribution in [0, 0.1) is 12.7 Å². The van der Waals surface area contributed by atoms with Crippen LogP contribution in [0.5, 0.6) is 5.75 Å². The minimum Gasteiger partial charge on any atom is -0.491 e. The maximum Gasteiger partial charge on any atom is 0.134 e. The third-order valence-corrected chi connectivity index (χ3v) is 3.37. The Balaban J connectivity index is 1.70. The third-order valence-electron chi connectivity index (χ3n) is 3.37. The van der Waals surface area contributed by atoms with Crippen molar-refractivity contribution in [2.75, 3.05) is 6.61 Å². The van der Waals surface area contributed by atoms with Gasteiger partial charge in [0.15, 0.2) is 0 Å². The molecular weight excluding hydrogens is 269 g/mol. The summed E-state index contributed by atoms with van der Waals surface area (Å²) in [7, 11) is 0. The second kappa shape index (κ2) is 5.58. The lowest BCUT2D eigenvalue weighted by Gasteiger charge is -2.11. The van der Waals surface area contributed by atoms with Crippen LogP contribution in [0.4, 0.5) is 4.39 Å². The lowest BCUT2D eigenvalue weighted by atomic mass is 10.2. The van der Waals surface area contributed by atoms with Crippen molar-refractivity contribution < 1.29 is 13.5 Å². The van der Waals surface area contributed by atoms with E-state index in [9.17, 15) is 4.39 Å². The van der Waals surface area contributed by atoms with Crippen LogP contribution in [0.2, 0.25) is 0 Å². The minimum absolute atomic E-state index is 0.246. The Labute approximate surface area is 122 Å². The molecule has 1 heterocycles. The van der Waals surface area contributed by atoms with Gasteiger partial charge in [0.05, 0.1) is 6.04 Å². The molecule has 3 nitrogen and oxygen atoms in total. The molecule has 0 spiro atoms. The molecule has 0 amide bonds. The van der Waals surface area contributed by atoms with Gasteiger partial charge in [-0.2, -0.15) is 0 Å². The molecule has 0 fully saturated rings. The Kier molecular flexibility index (Phi) is 3.62. The normalized spacial score (nSPS) is 12.5. The SMILES string of the molecule is Cc1cc(OCC(N)c2cc3ccccc3o2)ccc1F. The molecule has 0 saturated carbocycles. The molecule has 1 unspecified atom stereocenters. The van der Waals surface area contributed by atoms with Crippen LogP contribution in [-0.4, -0.2) is 6.61 Å². The second-order valence-electron chi connectivity index (χ2n) is 5.02. The molecule has 0 aliphatic carbocycles.